The molecule has 0 unspecified atom stereocenters. The van der Waals surface area contributed by atoms with Crippen molar-refractivity contribution >= 4 is 38.8 Å². The van der Waals surface area contributed by atoms with Gasteiger partial charge in [0.1, 0.15) is 11.8 Å². The molecule has 1 aromatic carbocycles. The van der Waals surface area contributed by atoms with Crippen molar-refractivity contribution in [3.05, 3.63) is 47.0 Å². The summed E-state index contributed by atoms with van der Waals surface area (Å²) < 4.78 is 0.876. The average Bonchev–Trinajstić information content (AvgIpc) is 3.00. The van der Waals surface area contributed by atoms with E-state index >= 15 is 0 Å². The van der Waals surface area contributed by atoms with E-state index in [0.717, 1.165) is 9.99 Å². The molecule has 22 heavy (non-hydrogen) atoms. The molecule has 0 saturated heterocycles. The fraction of sp³-hybridized carbons (Fsp3) is 0.143. The van der Waals surface area contributed by atoms with Crippen LogP contribution in [-0.4, -0.2) is 38.9 Å². The van der Waals surface area contributed by atoms with E-state index in [9.17, 15) is 4.79 Å². The molecule has 7 nitrogen and oxygen atoms in total. The lowest BCUT2D eigenvalue weighted by Crippen LogP contribution is -2.28. The molecular weight excluding hydrogens is 348 g/mol. The zero-order valence-corrected chi connectivity index (χ0v) is 13.1. The zero-order valence-electron chi connectivity index (χ0n) is 11.5. The van der Waals surface area contributed by atoms with Crippen LogP contribution in [0.1, 0.15) is 10.4 Å². The van der Waals surface area contributed by atoms with E-state index in [1.54, 1.807) is 18.5 Å². The molecule has 3 rings (SSSR count). The van der Waals surface area contributed by atoms with Gasteiger partial charge in [-0.2, -0.15) is 0 Å². The van der Waals surface area contributed by atoms with Crippen molar-refractivity contribution in [3.8, 4) is 0 Å². The number of hydrogen-bond donors (Lipinski definition) is 3. The number of amides is 1. The monoisotopic (exact) mass is 360 g/mol. The van der Waals surface area contributed by atoms with Gasteiger partial charge in [0.2, 0.25) is 0 Å². The lowest BCUT2D eigenvalue weighted by molar-refractivity contribution is 0.0955. The molecule has 0 fully saturated rings. The number of halogens is 1. The Bertz CT molecular complexity index is 803. The normalized spacial score (nSPS) is 10.6. The van der Waals surface area contributed by atoms with Crippen LogP contribution in [0.3, 0.4) is 0 Å². The maximum Gasteiger partial charge on any atom is 0.251 e. The smallest absolute Gasteiger partial charge is 0.251 e. The largest absolute Gasteiger partial charge is 0.366 e. The minimum Gasteiger partial charge on any atom is -0.366 e. The summed E-state index contributed by atoms with van der Waals surface area (Å²) in [4.78, 5) is 27.2. The van der Waals surface area contributed by atoms with Gasteiger partial charge in [0.15, 0.2) is 11.5 Å². The number of nitrogens with one attached hydrogen (secondary N) is 3. The van der Waals surface area contributed by atoms with Gasteiger partial charge in [0, 0.05) is 23.1 Å². The number of rotatable bonds is 5. The van der Waals surface area contributed by atoms with Crippen LogP contribution in [0.25, 0.3) is 11.2 Å². The average molecular weight is 361 g/mol. The summed E-state index contributed by atoms with van der Waals surface area (Å²) in [6.07, 6.45) is 3.02. The third-order valence-corrected chi connectivity index (χ3v) is 3.51. The molecule has 0 radical (unpaired) electrons. The van der Waals surface area contributed by atoms with Gasteiger partial charge in [0.25, 0.3) is 5.91 Å². The Morgan fingerprint density at radius 3 is 3.00 bits per heavy atom. The highest BCUT2D eigenvalue weighted by molar-refractivity contribution is 9.10. The molecule has 0 saturated carbocycles. The fourth-order valence-corrected chi connectivity index (χ4v) is 2.39. The van der Waals surface area contributed by atoms with Gasteiger partial charge in [-0.05, 0) is 18.2 Å². The van der Waals surface area contributed by atoms with Gasteiger partial charge in [-0.15, -0.1) is 0 Å². The second-order valence-electron chi connectivity index (χ2n) is 4.52. The molecular formula is C14H13BrN6O. The number of anilines is 1. The third-order valence-electron chi connectivity index (χ3n) is 3.01. The number of benzene rings is 1. The van der Waals surface area contributed by atoms with Crippen molar-refractivity contribution in [3.63, 3.8) is 0 Å². The minimum absolute atomic E-state index is 0.113. The first-order chi connectivity index (χ1) is 10.7. The molecule has 0 aliphatic rings. The molecule has 0 atom stereocenters. The Labute approximate surface area is 134 Å². The minimum atomic E-state index is -0.113. The summed E-state index contributed by atoms with van der Waals surface area (Å²) in [6, 6.07) is 7.25. The van der Waals surface area contributed by atoms with Crippen molar-refractivity contribution in [1.29, 1.82) is 0 Å². The fourth-order valence-electron chi connectivity index (χ4n) is 1.99. The lowest BCUT2D eigenvalue weighted by atomic mass is 10.2. The van der Waals surface area contributed by atoms with Crippen LogP contribution in [0.5, 0.6) is 0 Å². The van der Waals surface area contributed by atoms with E-state index in [1.807, 2.05) is 12.1 Å². The molecule has 3 aromatic rings. The number of fused-ring (bicyclic) bond motifs is 1. The standard InChI is InChI=1S/C14H13BrN6O/c15-10-3-1-2-9(6-10)14(22)17-5-4-16-12-11-13(19-7-18-11)21-8-20-12/h1-3,6-8H,4-5H2,(H,17,22)(H2,16,18,19,20,21). The van der Waals surface area contributed by atoms with Crippen LogP contribution in [0.4, 0.5) is 5.82 Å². The van der Waals surface area contributed by atoms with E-state index in [0.29, 0.717) is 30.1 Å². The van der Waals surface area contributed by atoms with Crippen molar-refractivity contribution in [2.45, 2.75) is 0 Å². The second kappa shape index (κ2) is 6.52. The number of hydrogen-bond acceptors (Lipinski definition) is 5. The summed E-state index contributed by atoms with van der Waals surface area (Å²) in [5, 5.41) is 5.99. The molecule has 0 spiro atoms. The van der Waals surface area contributed by atoms with E-state index in [-0.39, 0.29) is 5.91 Å². The highest BCUT2D eigenvalue weighted by Gasteiger charge is 2.06. The summed E-state index contributed by atoms with van der Waals surface area (Å²) in [7, 11) is 0. The molecule has 1 amide bonds. The topological polar surface area (TPSA) is 95.6 Å². The van der Waals surface area contributed by atoms with Crippen molar-refractivity contribution in [2.75, 3.05) is 18.4 Å². The molecule has 8 heteroatoms. The van der Waals surface area contributed by atoms with Crippen molar-refractivity contribution in [1.82, 2.24) is 25.3 Å². The maximum absolute atomic E-state index is 12.0. The van der Waals surface area contributed by atoms with Crippen LogP contribution in [0.15, 0.2) is 41.4 Å². The molecule has 3 N–H and O–H groups in total. The molecule has 0 aliphatic carbocycles. The number of nitrogens with zero attached hydrogens (tertiary/aromatic N) is 3. The van der Waals surface area contributed by atoms with Gasteiger partial charge in [0.05, 0.1) is 6.33 Å². The summed E-state index contributed by atoms with van der Waals surface area (Å²) >= 11 is 3.35. The highest BCUT2D eigenvalue weighted by Crippen LogP contribution is 2.13. The second-order valence-corrected chi connectivity index (χ2v) is 5.43. The summed E-state index contributed by atoms with van der Waals surface area (Å²) in [6.45, 7) is 1.02. The van der Waals surface area contributed by atoms with Gasteiger partial charge in [-0.3, -0.25) is 4.79 Å². The number of aromatic amines is 1. The maximum atomic E-state index is 12.0. The van der Waals surface area contributed by atoms with E-state index in [2.05, 4.69) is 46.5 Å². The van der Waals surface area contributed by atoms with E-state index in [1.165, 1.54) is 6.33 Å². The number of aromatic nitrogens is 4. The van der Waals surface area contributed by atoms with E-state index in [4.69, 9.17) is 0 Å². The molecule has 0 aliphatic heterocycles. The third kappa shape index (κ3) is 3.22. The van der Waals surface area contributed by atoms with Crippen LogP contribution >= 0.6 is 15.9 Å². The van der Waals surface area contributed by atoms with Crippen molar-refractivity contribution in [2.24, 2.45) is 0 Å². The molecule has 2 heterocycles. The summed E-state index contributed by atoms with van der Waals surface area (Å²) in [5.41, 5.74) is 1.98. The Morgan fingerprint density at radius 2 is 2.14 bits per heavy atom. The Morgan fingerprint density at radius 1 is 1.23 bits per heavy atom. The Kier molecular flexibility index (Phi) is 4.29. The van der Waals surface area contributed by atoms with Crippen LogP contribution < -0.4 is 10.6 Å². The Balaban J connectivity index is 1.53. The predicted molar refractivity (Wildman–Crippen MR) is 86.6 cm³/mol. The van der Waals surface area contributed by atoms with Gasteiger partial charge in [-0.25, -0.2) is 15.0 Å². The van der Waals surface area contributed by atoms with Gasteiger partial charge in [-0.1, -0.05) is 22.0 Å². The predicted octanol–water partition coefficient (Wildman–Crippen LogP) is 1.96. The quantitative estimate of drug-likeness (QED) is 0.604. The highest BCUT2D eigenvalue weighted by atomic mass is 79.9. The van der Waals surface area contributed by atoms with Gasteiger partial charge < -0.3 is 15.6 Å². The number of H-pyrrole nitrogens is 1. The summed E-state index contributed by atoms with van der Waals surface area (Å²) in [5.74, 6) is 0.552. The number of carbonyl (C=O) groups is 1. The van der Waals surface area contributed by atoms with Gasteiger partial charge >= 0.3 is 0 Å². The molecule has 112 valence electrons. The number of imidazole rings is 1. The van der Waals surface area contributed by atoms with Crippen LogP contribution in [-0.2, 0) is 0 Å². The molecule has 0 bridgehead atoms. The number of carbonyl (C=O) groups excluding carboxylic acids is 1. The van der Waals surface area contributed by atoms with E-state index < -0.39 is 0 Å². The van der Waals surface area contributed by atoms with Crippen LogP contribution in [0, 0.1) is 0 Å². The Hall–Kier alpha value is -2.48. The first-order valence-corrected chi connectivity index (χ1v) is 7.45. The molecule has 2 aromatic heterocycles. The van der Waals surface area contributed by atoms with Crippen molar-refractivity contribution < 1.29 is 4.79 Å². The SMILES string of the molecule is O=C(NCCNc1ncnc2nc[nH]c12)c1cccc(Br)c1. The first-order valence-electron chi connectivity index (χ1n) is 6.66. The first kappa shape index (κ1) is 14.5. The lowest BCUT2D eigenvalue weighted by Gasteiger charge is -2.08. The van der Waals surface area contributed by atoms with Crippen LogP contribution in [0.2, 0.25) is 0 Å². The zero-order chi connectivity index (χ0) is 15.4.